The Morgan fingerprint density at radius 2 is 0.409 bits per heavy atom. The maximum absolute atomic E-state index is 9.48. The van der Waals surface area contributed by atoms with Crippen molar-refractivity contribution in [1.82, 2.24) is 0 Å². The molecule has 3 aromatic heterocycles. The summed E-state index contributed by atoms with van der Waals surface area (Å²) in [5.74, 6) is 0. The van der Waals surface area contributed by atoms with Gasteiger partial charge in [0, 0.05) is 43.1 Å². The van der Waals surface area contributed by atoms with Gasteiger partial charge in [-0.1, -0.05) is 440 Å². The molecular weight excluding hydrogens is 1800 g/mol. The predicted molar refractivity (Wildman–Crippen MR) is 632 cm³/mol. The van der Waals surface area contributed by atoms with Gasteiger partial charge in [0.05, 0.1) is 32.9 Å². The van der Waals surface area contributed by atoms with E-state index in [1.54, 1.807) is 18.2 Å². The van der Waals surface area contributed by atoms with Gasteiger partial charge in [-0.3, -0.25) is 0 Å². The first kappa shape index (κ1) is 64.8. The Hall–Kier alpha value is -18.8. The second-order valence-corrected chi connectivity index (χ2v) is 40.0. The summed E-state index contributed by atoms with van der Waals surface area (Å²) in [6, 6.07) is 107. The molecule has 0 amide bonds. The third-order valence-corrected chi connectivity index (χ3v) is 31.2. The van der Waals surface area contributed by atoms with Crippen molar-refractivity contribution in [3.63, 3.8) is 0 Å². The van der Waals surface area contributed by atoms with Crippen molar-refractivity contribution in [1.29, 1.82) is 0 Å². The molecule has 2 aliphatic rings. The lowest BCUT2D eigenvalue weighted by Gasteiger charge is -2.22. The Balaban J connectivity index is 0.000000114. The Morgan fingerprint density at radius 1 is 0.148 bits per heavy atom. The molecule has 0 saturated heterocycles. The lowest BCUT2D eigenvalue weighted by atomic mass is 9.80. The molecule has 3 nitrogen and oxygen atoms in total. The van der Waals surface area contributed by atoms with E-state index in [1.165, 1.54) is 22.3 Å². The molecule has 32 rings (SSSR count). The average Bonchev–Trinajstić information content (AvgIpc) is 1.68. The minimum atomic E-state index is -0.434. The van der Waals surface area contributed by atoms with E-state index < -0.39 is 72.5 Å². The quantitative estimate of drug-likeness (QED) is 0.112. The molecule has 0 spiro atoms. The molecule has 0 atom stereocenters. The maximum Gasteiger partial charge on any atom is 0.136 e. The molecule has 0 saturated carbocycles. The van der Waals surface area contributed by atoms with E-state index in [9.17, 15) is 16.4 Å². The largest absolute Gasteiger partial charge is 0.456 e. The first-order valence-electron chi connectivity index (χ1n) is 61.9. The first-order valence-corrected chi connectivity index (χ1v) is 49.9. The minimum absolute atomic E-state index is 0.174. The SMILES string of the molecule is [2H]c1c([2H])c([2H])c2c(-c3ccc4oc5cc6ccccc6cc5c4c3)c3c([2H])c([2H])c([2H])c([2H])c3c(-c3ccc(-c4cccc5c4-c4ccccc4C5(C)C)cc3)c2c1[2H].[2H]c1c([2H])c([2H])c2c(-c3ccc4oc5cc6ccccc6cc5c4c3)c3c([2H])c([2H])c([2H])c([2H])c3c(-c3ccc4c(ccc5cc(-c6ccccc6)ccc54)c3)c2c1[2H].[2H]c1c([2H])c([2H])c2c(-c3cccc4c3-c3ccccc3C4(C)C)c3c([2H])c([2H])c([2H])c([2H])c3c(-c3ccc4oc5cc6ccccc6cc5c4c3)c2c1[2H]. The maximum atomic E-state index is 9.48. The zero-order chi connectivity index (χ0) is 119. The van der Waals surface area contributed by atoms with Gasteiger partial charge in [-0.25, -0.2) is 0 Å². The molecule has 696 valence electrons. The van der Waals surface area contributed by atoms with Crippen LogP contribution in [0.15, 0.2) is 510 Å². The van der Waals surface area contributed by atoms with Crippen LogP contribution in [0.5, 0.6) is 0 Å². The highest BCUT2D eigenvalue weighted by atomic mass is 16.3. The molecule has 30 aromatic rings. The molecule has 0 bridgehead atoms. The van der Waals surface area contributed by atoms with Crippen LogP contribution in [0, 0.1) is 0 Å². The van der Waals surface area contributed by atoms with Crippen LogP contribution in [0.1, 0.15) is 82.8 Å². The number of furan rings is 3. The van der Waals surface area contributed by atoms with Crippen LogP contribution in [0.25, 0.3) is 296 Å². The van der Waals surface area contributed by atoms with E-state index in [0.717, 1.165) is 131 Å². The van der Waals surface area contributed by atoms with Gasteiger partial charge >= 0.3 is 0 Å². The fraction of sp³-hybridized carbons (Fsp3) is 0.0411. The minimum Gasteiger partial charge on any atom is -0.456 e. The fourth-order valence-corrected chi connectivity index (χ4v) is 24.3. The molecule has 0 fully saturated rings. The number of hydrogen-bond acceptors (Lipinski definition) is 3. The van der Waals surface area contributed by atoms with Crippen LogP contribution >= 0.6 is 0 Å². The highest BCUT2D eigenvalue weighted by Crippen LogP contribution is 2.58. The highest BCUT2D eigenvalue weighted by molar-refractivity contribution is 6.28. The van der Waals surface area contributed by atoms with Crippen molar-refractivity contribution in [2.45, 2.75) is 38.5 Å². The normalized spacial score (nSPS) is 15.2. The summed E-state index contributed by atoms with van der Waals surface area (Å²) >= 11 is 0. The molecule has 3 heterocycles. The molecule has 0 radical (unpaired) electrons. The third-order valence-electron chi connectivity index (χ3n) is 31.2. The van der Waals surface area contributed by atoms with Crippen LogP contribution in [0.2, 0.25) is 0 Å². The van der Waals surface area contributed by atoms with E-state index in [0.29, 0.717) is 100 Å². The van der Waals surface area contributed by atoms with Gasteiger partial charge < -0.3 is 13.3 Å². The molecule has 3 heteroatoms. The smallest absolute Gasteiger partial charge is 0.136 e. The van der Waals surface area contributed by atoms with Crippen LogP contribution in [0.3, 0.4) is 0 Å². The fourth-order valence-electron chi connectivity index (χ4n) is 24.3. The first-order chi connectivity index (χ1) is 83.3. The van der Waals surface area contributed by atoms with E-state index in [4.69, 9.17) is 29.7 Å². The summed E-state index contributed by atoms with van der Waals surface area (Å²) < 4.78 is 239. The van der Waals surface area contributed by atoms with E-state index >= 15 is 0 Å². The standard InChI is InChI=1S/C51H34O.C50H30O.C45H30O/c1-51(2)44-20-10-9-18-41(44)50-36(19-11-21-45(50)51)31-22-24-32(25-23-31)48-37-14-5-7-16-39(37)49(40-17-8-6-15-38(40)48)35-26-27-46-42(29-35)43-28-33-12-3-4-13-34(33)30-47(43)52-46;1-2-10-31(11-3-1)34-20-23-39-35(26-34)18-19-36-27-37(21-24-40(36)39)49-41-14-6-8-16-43(41)50(44-17-9-7-15-42(44)49)38-22-25-47-45(29-38)46-28-32-12-4-5-13-33(32)30-48(46)51-47;1-45(2)38-20-10-9-18-34(38)44-35(19-11-21-39(44)45)43-32-16-7-5-14-30(32)42(31-15-6-8-17-33(31)43)29-22-23-40-36(25-29)37-24-27-12-3-4-13-28(27)26-41(37)46-40/h3-30H,1-2H3;1-30H;3-26H,1-2H3/i5D,6D,7D,8D,14D,15D,16D,17D;6D,7D,8D,9D,14D,15D,16D,17D;5D,6D,7D,8D,14D,15D,16D,17D. The van der Waals surface area contributed by atoms with Crippen molar-refractivity contribution in [3.05, 3.63) is 519 Å². The molecule has 27 aromatic carbocycles. The van der Waals surface area contributed by atoms with Gasteiger partial charge in [-0.15, -0.1) is 0 Å². The van der Waals surface area contributed by atoms with Crippen molar-refractivity contribution in [2.75, 3.05) is 0 Å². The van der Waals surface area contributed by atoms with E-state index in [2.05, 4.69) is 137 Å². The topological polar surface area (TPSA) is 39.4 Å². The molecule has 0 aliphatic heterocycles. The van der Waals surface area contributed by atoms with Crippen molar-refractivity contribution < 1.29 is 46.1 Å². The van der Waals surface area contributed by atoms with Gasteiger partial charge in [0.2, 0.25) is 0 Å². The molecular formula is C146H94O3. The van der Waals surface area contributed by atoms with Crippen molar-refractivity contribution in [2.24, 2.45) is 0 Å². The number of rotatable bonds is 8. The Morgan fingerprint density at radius 3 is 0.785 bits per heavy atom. The third kappa shape index (κ3) is 13.5. The van der Waals surface area contributed by atoms with Gasteiger partial charge in [-0.05, 0) is 337 Å². The summed E-state index contributed by atoms with van der Waals surface area (Å²) in [6.45, 7) is 8.78. The lowest BCUT2D eigenvalue weighted by Crippen LogP contribution is -2.14. The van der Waals surface area contributed by atoms with E-state index in [-0.39, 0.29) is 148 Å². The van der Waals surface area contributed by atoms with Gasteiger partial charge in [-0.2, -0.15) is 0 Å². The number of hydrogen-bond donors (Lipinski definition) is 0. The Bertz CT molecular complexity index is 12300. The second-order valence-electron chi connectivity index (χ2n) is 40.0. The molecule has 2 aliphatic carbocycles. The summed E-state index contributed by atoms with van der Waals surface area (Å²) in [5.41, 5.74) is 21.7. The molecule has 0 N–H and O–H groups in total. The van der Waals surface area contributed by atoms with Crippen LogP contribution in [0.4, 0.5) is 0 Å². The van der Waals surface area contributed by atoms with Crippen molar-refractivity contribution >= 4 is 184 Å². The molecule has 149 heavy (non-hydrogen) atoms. The predicted octanol–water partition coefficient (Wildman–Crippen LogP) is 41.4. The van der Waals surface area contributed by atoms with Crippen LogP contribution in [-0.4, -0.2) is 0 Å². The summed E-state index contributed by atoms with van der Waals surface area (Å²) in [6.07, 6.45) is 0. The zero-order valence-electron chi connectivity index (χ0n) is 105. The van der Waals surface area contributed by atoms with Crippen LogP contribution < -0.4 is 0 Å². The summed E-state index contributed by atoms with van der Waals surface area (Å²) in [4.78, 5) is 0. The van der Waals surface area contributed by atoms with E-state index in [1.807, 2.05) is 224 Å². The number of benzene rings is 27. The lowest BCUT2D eigenvalue weighted by molar-refractivity contribution is 0.660. The second kappa shape index (κ2) is 33.4. The summed E-state index contributed by atoms with van der Waals surface area (Å²) in [7, 11) is 0. The van der Waals surface area contributed by atoms with Gasteiger partial charge in [0.1, 0.15) is 33.5 Å². The van der Waals surface area contributed by atoms with Crippen LogP contribution in [-0.2, 0) is 10.8 Å². The zero-order valence-corrected chi connectivity index (χ0v) is 80.7. The van der Waals surface area contributed by atoms with Crippen molar-refractivity contribution in [3.8, 4) is 111 Å². The monoisotopic (exact) mass is 1920 g/mol. The molecule has 0 unspecified atom stereocenters. The van der Waals surface area contributed by atoms with Gasteiger partial charge in [0.15, 0.2) is 0 Å². The highest BCUT2D eigenvalue weighted by Gasteiger charge is 2.39. The van der Waals surface area contributed by atoms with Gasteiger partial charge in [0.25, 0.3) is 0 Å². The summed E-state index contributed by atoms with van der Waals surface area (Å²) in [5, 5.41) is 17.2. The average molecular weight is 1920 g/mol. The Kier molecular flexibility index (Phi) is 14.5. The number of fused-ring (bicyclic) bond motifs is 27. The Labute approximate surface area is 894 Å².